The standard InChI is InChI=1S/C12H16/c1-4-8(2)10-5-6-11-9(3)12(11)7-10/h4-9,11-12H,1H2,2-3H3. The molecule has 1 saturated carbocycles. The third-order valence-electron chi connectivity index (χ3n) is 3.29. The maximum Gasteiger partial charge on any atom is -0.00163 e. The van der Waals surface area contributed by atoms with E-state index in [-0.39, 0.29) is 0 Å². The van der Waals surface area contributed by atoms with E-state index in [1.54, 1.807) is 0 Å². The van der Waals surface area contributed by atoms with Gasteiger partial charge in [0.25, 0.3) is 0 Å². The normalized spacial score (nSPS) is 39.8. The monoisotopic (exact) mass is 160 g/mol. The third kappa shape index (κ3) is 1.06. The molecular formula is C12H16. The van der Waals surface area contributed by atoms with Crippen molar-refractivity contribution in [1.29, 1.82) is 0 Å². The minimum atomic E-state index is 0.523. The zero-order valence-corrected chi connectivity index (χ0v) is 7.83. The molecule has 0 N–H and O–H groups in total. The van der Waals surface area contributed by atoms with Crippen molar-refractivity contribution in [2.75, 3.05) is 0 Å². The number of allylic oxidation sites excluding steroid dienone is 5. The molecule has 1 fully saturated rings. The van der Waals surface area contributed by atoms with Gasteiger partial charge in [0, 0.05) is 0 Å². The van der Waals surface area contributed by atoms with Crippen molar-refractivity contribution in [3.05, 3.63) is 36.5 Å². The molecule has 0 bridgehead atoms. The van der Waals surface area contributed by atoms with Crippen LogP contribution in [0.5, 0.6) is 0 Å². The Bertz CT molecular complexity index is 257. The molecule has 0 aromatic rings. The lowest BCUT2D eigenvalue weighted by molar-refractivity contribution is 0.841. The second-order valence-corrected chi connectivity index (χ2v) is 4.06. The van der Waals surface area contributed by atoms with Crippen LogP contribution in [0.2, 0.25) is 0 Å². The van der Waals surface area contributed by atoms with E-state index >= 15 is 0 Å². The molecule has 2 aliphatic carbocycles. The van der Waals surface area contributed by atoms with Gasteiger partial charge in [-0.1, -0.05) is 38.2 Å². The second kappa shape index (κ2) is 2.62. The summed E-state index contributed by atoms with van der Waals surface area (Å²) in [5.41, 5.74) is 1.45. The number of hydrogen-bond donors (Lipinski definition) is 0. The fourth-order valence-corrected chi connectivity index (χ4v) is 2.03. The summed E-state index contributed by atoms with van der Waals surface area (Å²) in [5, 5.41) is 0. The molecule has 0 radical (unpaired) electrons. The van der Waals surface area contributed by atoms with Crippen LogP contribution >= 0.6 is 0 Å². The quantitative estimate of drug-likeness (QED) is 0.544. The summed E-state index contributed by atoms with van der Waals surface area (Å²) in [6.45, 7) is 8.35. The van der Waals surface area contributed by atoms with Gasteiger partial charge in [-0.15, -0.1) is 6.58 Å². The van der Waals surface area contributed by atoms with E-state index in [9.17, 15) is 0 Å². The molecule has 0 nitrogen and oxygen atoms in total. The average Bonchev–Trinajstić information content (AvgIpc) is 2.76. The Labute approximate surface area is 74.7 Å². The highest BCUT2D eigenvalue weighted by molar-refractivity contribution is 5.35. The van der Waals surface area contributed by atoms with Crippen LogP contribution in [-0.2, 0) is 0 Å². The summed E-state index contributed by atoms with van der Waals surface area (Å²) in [5.74, 6) is 3.10. The molecular weight excluding hydrogens is 144 g/mol. The predicted molar refractivity (Wildman–Crippen MR) is 52.7 cm³/mol. The Morgan fingerprint density at radius 2 is 2.25 bits per heavy atom. The Hall–Kier alpha value is -0.780. The van der Waals surface area contributed by atoms with Crippen LogP contribution in [0, 0.1) is 23.7 Å². The lowest BCUT2D eigenvalue weighted by atomic mass is 9.96. The zero-order chi connectivity index (χ0) is 8.72. The summed E-state index contributed by atoms with van der Waals surface area (Å²) < 4.78 is 0. The van der Waals surface area contributed by atoms with Gasteiger partial charge in [-0.2, -0.15) is 0 Å². The van der Waals surface area contributed by atoms with E-state index in [1.807, 2.05) is 6.08 Å². The minimum absolute atomic E-state index is 0.523. The number of hydrogen-bond acceptors (Lipinski definition) is 0. The maximum absolute atomic E-state index is 3.82. The van der Waals surface area contributed by atoms with E-state index in [1.165, 1.54) is 5.57 Å². The Balaban J connectivity index is 2.14. The smallest absolute Gasteiger partial charge is 0.00163 e. The van der Waals surface area contributed by atoms with Gasteiger partial charge in [-0.25, -0.2) is 0 Å². The summed E-state index contributed by atoms with van der Waals surface area (Å²) in [6, 6.07) is 0. The molecule has 0 heterocycles. The summed E-state index contributed by atoms with van der Waals surface area (Å²) in [6.07, 6.45) is 9.09. The fourth-order valence-electron chi connectivity index (χ4n) is 2.03. The highest BCUT2D eigenvalue weighted by Gasteiger charge is 2.44. The molecule has 4 atom stereocenters. The molecule has 0 saturated heterocycles. The van der Waals surface area contributed by atoms with E-state index in [4.69, 9.17) is 0 Å². The van der Waals surface area contributed by atoms with Crippen molar-refractivity contribution in [3.63, 3.8) is 0 Å². The molecule has 0 amide bonds. The van der Waals surface area contributed by atoms with Crippen molar-refractivity contribution >= 4 is 0 Å². The Morgan fingerprint density at radius 3 is 2.83 bits per heavy atom. The molecule has 4 unspecified atom stereocenters. The van der Waals surface area contributed by atoms with E-state index < -0.39 is 0 Å². The Morgan fingerprint density at radius 1 is 1.50 bits per heavy atom. The van der Waals surface area contributed by atoms with Crippen LogP contribution in [0.25, 0.3) is 0 Å². The van der Waals surface area contributed by atoms with Crippen molar-refractivity contribution in [2.24, 2.45) is 23.7 Å². The molecule has 0 aromatic carbocycles. The molecule has 2 rings (SSSR count). The summed E-state index contributed by atoms with van der Waals surface area (Å²) in [4.78, 5) is 0. The number of rotatable bonds is 2. The third-order valence-corrected chi connectivity index (χ3v) is 3.29. The minimum Gasteiger partial charge on any atom is -0.102 e. The van der Waals surface area contributed by atoms with Crippen molar-refractivity contribution in [2.45, 2.75) is 13.8 Å². The van der Waals surface area contributed by atoms with Gasteiger partial charge in [0.05, 0.1) is 0 Å². The largest absolute Gasteiger partial charge is 0.102 e. The molecule has 0 aliphatic heterocycles. The van der Waals surface area contributed by atoms with Gasteiger partial charge >= 0.3 is 0 Å². The molecule has 2 aliphatic rings. The van der Waals surface area contributed by atoms with Crippen LogP contribution in [-0.4, -0.2) is 0 Å². The fraction of sp³-hybridized carbons (Fsp3) is 0.500. The topological polar surface area (TPSA) is 0 Å². The SMILES string of the molecule is C=CC(C)C1=CC2C(C)C2C=C1. The number of fused-ring (bicyclic) bond motifs is 1. The first-order chi connectivity index (χ1) is 5.74. The molecule has 0 heteroatoms. The van der Waals surface area contributed by atoms with Gasteiger partial charge in [-0.05, 0) is 29.2 Å². The first-order valence-electron chi connectivity index (χ1n) is 4.76. The van der Waals surface area contributed by atoms with Gasteiger partial charge in [0.1, 0.15) is 0 Å². The highest BCUT2D eigenvalue weighted by Crippen LogP contribution is 2.51. The highest BCUT2D eigenvalue weighted by atomic mass is 14.5. The lowest BCUT2D eigenvalue weighted by Gasteiger charge is -2.09. The molecule has 12 heavy (non-hydrogen) atoms. The van der Waals surface area contributed by atoms with Gasteiger partial charge < -0.3 is 0 Å². The Kier molecular flexibility index (Phi) is 1.71. The van der Waals surface area contributed by atoms with E-state index in [2.05, 4.69) is 38.7 Å². The average molecular weight is 160 g/mol. The van der Waals surface area contributed by atoms with Crippen molar-refractivity contribution < 1.29 is 0 Å². The van der Waals surface area contributed by atoms with Gasteiger partial charge in [-0.3, -0.25) is 0 Å². The molecule has 64 valence electrons. The first-order valence-corrected chi connectivity index (χ1v) is 4.76. The summed E-state index contributed by atoms with van der Waals surface area (Å²) in [7, 11) is 0. The maximum atomic E-state index is 3.82. The van der Waals surface area contributed by atoms with Gasteiger partial charge in [0.2, 0.25) is 0 Å². The van der Waals surface area contributed by atoms with Crippen LogP contribution in [0.1, 0.15) is 13.8 Å². The van der Waals surface area contributed by atoms with Gasteiger partial charge in [0.15, 0.2) is 0 Å². The van der Waals surface area contributed by atoms with E-state index in [0.29, 0.717) is 5.92 Å². The van der Waals surface area contributed by atoms with Crippen LogP contribution in [0.4, 0.5) is 0 Å². The lowest BCUT2D eigenvalue weighted by Crippen LogP contribution is -1.96. The van der Waals surface area contributed by atoms with Crippen LogP contribution in [0.15, 0.2) is 36.5 Å². The summed E-state index contributed by atoms with van der Waals surface area (Å²) >= 11 is 0. The molecule has 0 spiro atoms. The van der Waals surface area contributed by atoms with E-state index in [0.717, 1.165) is 17.8 Å². The van der Waals surface area contributed by atoms with Crippen LogP contribution in [0.3, 0.4) is 0 Å². The molecule has 0 aromatic heterocycles. The predicted octanol–water partition coefficient (Wildman–Crippen LogP) is 3.19. The first kappa shape index (κ1) is 7.85. The van der Waals surface area contributed by atoms with Crippen molar-refractivity contribution in [1.82, 2.24) is 0 Å². The van der Waals surface area contributed by atoms with Crippen LogP contribution < -0.4 is 0 Å². The second-order valence-electron chi connectivity index (χ2n) is 4.06. The van der Waals surface area contributed by atoms with Crippen molar-refractivity contribution in [3.8, 4) is 0 Å². The zero-order valence-electron chi connectivity index (χ0n) is 7.83.